The van der Waals surface area contributed by atoms with E-state index in [1.807, 2.05) is 0 Å². The zero-order chi connectivity index (χ0) is 13.5. The van der Waals surface area contributed by atoms with Crippen molar-refractivity contribution in [1.29, 1.82) is 0 Å². The van der Waals surface area contributed by atoms with Gasteiger partial charge in [0.15, 0.2) is 0 Å². The molecule has 0 aliphatic rings. The minimum Gasteiger partial charge on any atom is -0.416 e. The van der Waals surface area contributed by atoms with Crippen LogP contribution in [-0.4, -0.2) is 17.8 Å². The number of hydrogen-bond donors (Lipinski definition) is 2. The molecule has 5 heteroatoms. The Kier molecular flexibility index (Phi) is 5.68. The zero-order valence-corrected chi connectivity index (χ0v) is 10.9. The first kappa shape index (κ1) is 14.5. The second kappa shape index (κ2) is 7.03. The minimum atomic E-state index is -0.587. The summed E-state index contributed by atoms with van der Waals surface area (Å²) >= 11 is 5.79. The quantitative estimate of drug-likeness (QED) is 0.808. The molecule has 1 rings (SSSR count). The lowest BCUT2D eigenvalue weighted by Crippen LogP contribution is -2.29. The van der Waals surface area contributed by atoms with Crippen LogP contribution in [0.5, 0.6) is 0 Å². The molecule has 1 aromatic carbocycles. The fraction of sp³-hybridized carbons (Fsp3) is 0.308. The molecule has 0 aromatic heterocycles. The third-order valence-electron chi connectivity index (χ3n) is 2.25. The van der Waals surface area contributed by atoms with Crippen LogP contribution >= 0.6 is 11.6 Å². The predicted octanol–water partition coefficient (Wildman–Crippen LogP) is 3.02. The van der Waals surface area contributed by atoms with Crippen molar-refractivity contribution in [2.75, 3.05) is 6.61 Å². The molecule has 0 spiro atoms. The molecule has 1 aromatic rings. The number of halogens is 1. The second-order valence-corrected chi connectivity index (χ2v) is 4.29. The molecule has 0 aliphatic heterocycles. The number of aliphatic hydroxyl groups excluding tert-OH is 1. The number of rotatable bonds is 5. The lowest BCUT2D eigenvalue weighted by molar-refractivity contribution is 0.168. The summed E-state index contributed by atoms with van der Waals surface area (Å²) in [6.07, 6.45) is -0.191. The maximum absolute atomic E-state index is 11.5. The smallest absolute Gasteiger partial charge is 0.412 e. The van der Waals surface area contributed by atoms with Gasteiger partial charge in [0, 0.05) is 11.6 Å². The number of allylic oxidation sites excluding steroid dienone is 1. The molecule has 4 nitrogen and oxygen atoms in total. The molecule has 0 aliphatic carbocycles. The van der Waals surface area contributed by atoms with Crippen LogP contribution in [0.4, 0.5) is 4.79 Å². The number of alkyl carbamates (subject to hydrolysis) is 1. The Bertz CT molecular complexity index is 417. The highest BCUT2D eigenvalue weighted by atomic mass is 35.5. The Hall–Kier alpha value is -1.52. The minimum absolute atomic E-state index is 0.0410. The number of aliphatic hydroxyl groups is 1. The van der Waals surface area contributed by atoms with Crippen molar-refractivity contribution >= 4 is 17.7 Å². The SMILES string of the molecule is C=C(C)OC(=O)NC(CCO)c1ccc(Cl)cc1. The highest BCUT2D eigenvalue weighted by Crippen LogP contribution is 2.19. The van der Waals surface area contributed by atoms with Gasteiger partial charge >= 0.3 is 6.09 Å². The van der Waals surface area contributed by atoms with Gasteiger partial charge in [-0.3, -0.25) is 0 Å². The van der Waals surface area contributed by atoms with E-state index in [2.05, 4.69) is 11.9 Å². The average molecular weight is 270 g/mol. The van der Waals surface area contributed by atoms with E-state index in [-0.39, 0.29) is 12.6 Å². The molecule has 0 fully saturated rings. The van der Waals surface area contributed by atoms with Gasteiger partial charge in [0.25, 0.3) is 0 Å². The number of carbonyl (C=O) groups excluding carboxylic acids is 1. The lowest BCUT2D eigenvalue weighted by Gasteiger charge is -2.18. The molecule has 18 heavy (non-hydrogen) atoms. The zero-order valence-electron chi connectivity index (χ0n) is 10.1. The maximum atomic E-state index is 11.5. The standard InChI is InChI=1S/C13H16ClNO3/c1-9(2)18-13(17)15-12(7-8-16)10-3-5-11(14)6-4-10/h3-6,12,16H,1,7-8H2,2H3,(H,15,17). The molecule has 1 atom stereocenters. The first-order valence-corrected chi connectivity index (χ1v) is 5.91. The van der Waals surface area contributed by atoms with Crippen molar-refractivity contribution < 1.29 is 14.6 Å². The van der Waals surface area contributed by atoms with Crippen LogP contribution in [-0.2, 0) is 4.74 Å². The van der Waals surface area contributed by atoms with Crippen molar-refractivity contribution in [3.8, 4) is 0 Å². The van der Waals surface area contributed by atoms with Gasteiger partial charge in [0.1, 0.15) is 0 Å². The van der Waals surface area contributed by atoms with E-state index >= 15 is 0 Å². The lowest BCUT2D eigenvalue weighted by atomic mass is 10.0. The van der Waals surface area contributed by atoms with E-state index in [1.165, 1.54) is 0 Å². The van der Waals surface area contributed by atoms with Crippen LogP contribution in [0.25, 0.3) is 0 Å². The molecule has 0 saturated carbocycles. The third-order valence-corrected chi connectivity index (χ3v) is 2.50. The average Bonchev–Trinajstić information content (AvgIpc) is 2.28. The first-order valence-electron chi connectivity index (χ1n) is 5.53. The Morgan fingerprint density at radius 1 is 1.50 bits per heavy atom. The third kappa shape index (κ3) is 4.77. The number of amides is 1. The van der Waals surface area contributed by atoms with Crippen LogP contribution in [0.1, 0.15) is 24.9 Å². The molecular weight excluding hydrogens is 254 g/mol. The van der Waals surface area contributed by atoms with Crippen molar-refractivity contribution in [1.82, 2.24) is 5.32 Å². The van der Waals surface area contributed by atoms with Gasteiger partial charge in [-0.25, -0.2) is 4.79 Å². The van der Waals surface area contributed by atoms with Crippen molar-refractivity contribution in [3.05, 3.63) is 47.2 Å². The summed E-state index contributed by atoms with van der Waals surface area (Å²) in [6.45, 7) is 5.03. The summed E-state index contributed by atoms with van der Waals surface area (Å²) in [5.41, 5.74) is 0.854. The summed E-state index contributed by atoms with van der Waals surface area (Å²) in [5, 5.41) is 12.3. The van der Waals surface area contributed by atoms with E-state index < -0.39 is 6.09 Å². The van der Waals surface area contributed by atoms with Crippen molar-refractivity contribution in [2.45, 2.75) is 19.4 Å². The first-order chi connectivity index (χ1) is 8.52. The highest BCUT2D eigenvalue weighted by molar-refractivity contribution is 6.30. The molecule has 98 valence electrons. The van der Waals surface area contributed by atoms with E-state index in [0.717, 1.165) is 5.56 Å². The fourth-order valence-corrected chi connectivity index (χ4v) is 1.60. The number of benzene rings is 1. The summed E-state index contributed by atoms with van der Waals surface area (Å²) in [5.74, 6) is 0.311. The normalized spacial score (nSPS) is 11.7. The van der Waals surface area contributed by atoms with Gasteiger partial charge in [-0.05, 0) is 31.0 Å². The molecule has 1 unspecified atom stereocenters. The van der Waals surface area contributed by atoms with Gasteiger partial charge in [0.2, 0.25) is 0 Å². The number of carbonyl (C=O) groups is 1. The Morgan fingerprint density at radius 3 is 2.61 bits per heavy atom. The summed E-state index contributed by atoms with van der Waals surface area (Å²) in [7, 11) is 0. The molecular formula is C13H16ClNO3. The second-order valence-electron chi connectivity index (χ2n) is 3.85. The monoisotopic (exact) mass is 269 g/mol. The Balaban J connectivity index is 2.73. The van der Waals surface area contributed by atoms with E-state index in [1.54, 1.807) is 31.2 Å². The molecule has 0 heterocycles. The predicted molar refractivity (Wildman–Crippen MR) is 70.3 cm³/mol. The van der Waals surface area contributed by atoms with Gasteiger partial charge in [-0.15, -0.1) is 0 Å². The van der Waals surface area contributed by atoms with Crippen LogP contribution in [0.15, 0.2) is 36.6 Å². The summed E-state index contributed by atoms with van der Waals surface area (Å²) in [6, 6.07) is 6.73. The molecule has 0 radical (unpaired) electrons. The fourth-order valence-electron chi connectivity index (χ4n) is 1.48. The summed E-state index contributed by atoms with van der Waals surface area (Å²) < 4.78 is 4.82. The van der Waals surface area contributed by atoms with Crippen LogP contribution < -0.4 is 5.32 Å². The maximum Gasteiger partial charge on any atom is 0.412 e. The molecule has 2 N–H and O–H groups in total. The largest absolute Gasteiger partial charge is 0.416 e. The van der Waals surface area contributed by atoms with E-state index in [4.69, 9.17) is 21.4 Å². The van der Waals surface area contributed by atoms with Gasteiger partial charge in [-0.2, -0.15) is 0 Å². The number of ether oxygens (including phenoxy) is 1. The summed E-state index contributed by atoms with van der Waals surface area (Å²) in [4.78, 5) is 11.5. The van der Waals surface area contributed by atoms with Gasteiger partial charge in [0.05, 0.1) is 11.8 Å². The molecule has 0 saturated heterocycles. The van der Waals surface area contributed by atoms with Crippen LogP contribution in [0, 0.1) is 0 Å². The van der Waals surface area contributed by atoms with E-state index in [0.29, 0.717) is 17.2 Å². The molecule has 1 amide bonds. The van der Waals surface area contributed by atoms with E-state index in [9.17, 15) is 4.79 Å². The van der Waals surface area contributed by atoms with Gasteiger partial charge in [-0.1, -0.05) is 30.3 Å². The Labute approximate surface area is 111 Å². The number of nitrogens with one attached hydrogen (secondary N) is 1. The molecule has 0 bridgehead atoms. The van der Waals surface area contributed by atoms with Crippen molar-refractivity contribution in [2.24, 2.45) is 0 Å². The topological polar surface area (TPSA) is 58.6 Å². The van der Waals surface area contributed by atoms with Crippen LogP contribution in [0.3, 0.4) is 0 Å². The Morgan fingerprint density at radius 2 is 2.11 bits per heavy atom. The van der Waals surface area contributed by atoms with Crippen LogP contribution in [0.2, 0.25) is 5.02 Å². The van der Waals surface area contributed by atoms with Gasteiger partial charge < -0.3 is 15.2 Å². The van der Waals surface area contributed by atoms with Crippen molar-refractivity contribution in [3.63, 3.8) is 0 Å². The number of hydrogen-bond acceptors (Lipinski definition) is 3. The highest BCUT2D eigenvalue weighted by Gasteiger charge is 2.15.